The minimum Gasteiger partial charge on any atom is -0.507 e. The van der Waals surface area contributed by atoms with Crippen molar-refractivity contribution in [1.82, 2.24) is 5.43 Å². The van der Waals surface area contributed by atoms with E-state index in [0.29, 0.717) is 22.4 Å². The molecule has 0 aromatic heterocycles. The van der Waals surface area contributed by atoms with Crippen molar-refractivity contribution < 1.29 is 19.6 Å². The third kappa shape index (κ3) is 5.42. The standard InChI is InChI=1S/C21H16BrN3O5/c22-18-10-15(6-9-20(18)30-13-14-4-2-1-3-5-14)12-23-24-21(27)17-11-16(25(28)29)7-8-19(17)26/h1-12,26H,13H2,(H,24,27)/b23-12+. The molecule has 0 saturated carbocycles. The quantitative estimate of drug-likeness (QED) is 0.302. The van der Waals surface area contributed by atoms with Gasteiger partial charge < -0.3 is 9.84 Å². The average molecular weight is 470 g/mol. The van der Waals surface area contributed by atoms with Crippen LogP contribution in [0, 0.1) is 10.1 Å². The van der Waals surface area contributed by atoms with Crippen LogP contribution in [-0.2, 0) is 6.61 Å². The molecule has 0 atom stereocenters. The summed E-state index contributed by atoms with van der Waals surface area (Å²) in [6.45, 7) is 0.426. The Labute approximate surface area is 180 Å². The van der Waals surface area contributed by atoms with Crippen LogP contribution in [-0.4, -0.2) is 22.2 Å². The molecule has 30 heavy (non-hydrogen) atoms. The first-order chi connectivity index (χ1) is 14.4. The molecule has 3 rings (SSSR count). The van der Waals surface area contributed by atoms with Gasteiger partial charge in [-0.1, -0.05) is 30.3 Å². The number of benzene rings is 3. The van der Waals surface area contributed by atoms with Crippen LogP contribution in [0.15, 0.2) is 76.3 Å². The third-order valence-corrected chi connectivity index (χ3v) is 4.63. The number of nitrogens with one attached hydrogen (secondary N) is 1. The third-order valence-electron chi connectivity index (χ3n) is 4.01. The Hall–Kier alpha value is -3.72. The SMILES string of the molecule is O=C(N/N=C/c1ccc(OCc2ccccc2)c(Br)c1)c1cc([N+](=O)[O-])ccc1O. The van der Waals surface area contributed by atoms with Gasteiger partial charge in [0.25, 0.3) is 11.6 Å². The fourth-order valence-corrected chi connectivity index (χ4v) is 3.01. The molecule has 0 unspecified atom stereocenters. The molecule has 8 nitrogen and oxygen atoms in total. The van der Waals surface area contributed by atoms with Gasteiger partial charge in [0.15, 0.2) is 0 Å². The molecule has 9 heteroatoms. The summed E-state index contributed by atoms with van der Waals surface area (Å²) < 4.78 is 6.49. The molecule has 1 amide bonds. The second-order valence-electron chi connectivity index (χ2n) is 6.12. The van der Waals surface area contributed by atoms with Crippen LogP contribution in [0.3, 0.4) is 0 Å². The Balaban J connectivity index is 1.62. The first-order valence-corrected chi connectivity index (χ1v) is 9.50. The number of hydrogen-bond donors (Lipinski definition) is 2. The zero-order valence-electron chi connectivity index (χ0n) is 15.5. The van der Waals surface area contributed by atoms with Crippen molar-refractivity contribution in [2.45, 2.75) is 6.61 Å². The maximum atomic E-state index is 12.1. The van der Waals surface area contributed by atoms with Crippen LogP contribution in [0.2, 0.25) is 0 Å². The summed E-state index contributed by atoms with van der Waals surface area (Å²) in [4.78, 5) is 22.3. The Morgan fingerprint density at radius 3 is 2.63 bits per heavy atom. The van der Waals surface area contributed by atoms with Crippen LogP contribution in [0.1, 0.15) is 21.5 Å². The van der Waals surface area contributed by atoms with E-state index < -0.39 is 10.8 Å². The molecule has 0 aliphatic heterocycles. The van der Waals surface area contributed by atoms with Gasteiger partial charge in [-0.3, -0.25) is 14.9 Å². The lowest BCUT2D eigenvalue weighted by atomic mass is 10.1. The second kappa shape index (κ2) is 9.66. The lowest BCUT2D eigenvalue weighted by Gasteiger charge is -2.09. The predicted octanol–water partition coefficient (Wildman–Crippen LogP) is 4.41. The summed E-state index contributed by atoms with van der Waals surface area (Å²) >= 11 is 3.44. The van der Waals surface area contributed by atoms with E-state index in [4.69, 9.17) is 4.74 Å². The molecule has 0 aliphatic carbocycles. The number of phenolic OH excluding ortho intramolecular Hbond substituents is 1. The van der Waals surface area contributed by atoms with Crippen molar-refractivity contribution in [3.63, 3.8) is 0 Å². The number of halogens is 1. The molecule has 0 heterocycles. The number of non-ortho nitro benzene ring substituents is 1. The van der Waals surface area contributed by atoms with E-state index in [1.807, 2.05) is 30.3 Å². The number of nitro groups is 1. The molecule has 3 aromatic carbocycles. The number of carbonyl (C=O) groups excluding carboxylic acids is 1. The zero-order chi connectivity index (χ0) is 21.5. The molecule has 0 bridgehead atoms. The van der Waals surface area contributed by atoms with E-state index in [-0.39, 0.29) is 17.0 Å². The molecule has 0 saturated heterocycles. The van der Waals surface area contributed by atoms with Gasteiger partial charge in [-0.25, -0.2) is 5.43 Å². The number of rotatable bonds is 7. The number of carbonyl (C=O) groups is 1. The molecular formula is C21H16BrN3O5. The summed E-state index contributed by atoms with van der Waals surface area (Å²) in [6, 6.07) is 18.2. The summed E-state index contributed by atoms with van der Waals surface area (Å²) in [5.41, 5.74) is 3.41. The summed E-state index contributed by atoms with van der Waals surface area (Å²) in [5.74, 6) is -0.494. The van der Waals surface area contributed by atoms with Crippen molar-refractivity contribution in [2.24, 2.45) is 5.10 Å². The number of phenols is 1. The van der Waals surface area contributed by atoms with Crippen LogP contribution in [0.5, 0.6) is 11.5 Å². The topological polar surface area (TPSA) is 114 Å². The van der Waals surface area contributed by atoms with Crippen molar-refractivity contribution >= 4 is 33.7 Å². The average Bonchev–Trinajstić information content (AvgIpc) is 2.74. The van der Waals surface area contributed by atoms with E-state index in [0.717, 1.165) is 23.8 Å². The van der Waals surface area contributed by atoms with Gasteiger partial charge in [-0.15, -0.1) is 0 Å². The highest BCUT2D eigenvalue weighted by Gasteiger charge is 2.16. The van der Waals surface area contributed by atoms with Crippen LogP contribution in [0.25, 0.3) is 0 Å². The molecule has 2 N–H and O–H groups in total. The van der Waals surface area contributed by atoms with E-state index >= 15 is 0 Å². The van der Waals surface area contributed by atoms with Crippen LogP contribution < -0.4 is 10.2 Å². The first kappa shape index (κ1) is 21.0. The maximum absolute atomic E-state index is 12.1. The van der Waals surface area contributed by atoms with Crippen molar-refractivity contribution in [3.8, 4) is 11.5 Å². The molecule has 0 aliphatic rings. The number of nitro benzene ring substituents is 1. The monoisotopic (exact) mass is 469 g/mol. The summed E-state index contributed by atoms with van der Waals surface area (Å²) in [5, 5.41) is 24.4. The highest BCUT2D eigenvalue weighted by Crippen LogP contribution is 2.26. The van der Waals surface area contributed by atoms with Gasteiger partial charge in [0.2, 0.25) is 0 Å². The van der Waals surface area contributed by atoms with Crippen molar-refractivity contribution in [2.75, 3.05) is 0 Å². The van der Waals surface area contributed by atoms with Crippen LogP contribution >= 0.6 is 15.9 Å². The number of hydrazone groups is 1. The Bertz CT molecular complexity index is 1100. The molecule has 3 aromatic rings. The fraction of sp³-hybridized carbons (Fsp3) is 0.0476. The lowest BCUT2D eigenvalue weighted by Crippen LogP contribution is -2.18. The Morgan fingerprint density at radius 2 is 1.93 bits per heavy atom. The number of aromatic hydroxyl groups is 1. The minimum absolute atomic E-state index is 0.243. The van der Waals surface area contributed by atoms with Gasteiger partial charge in [-0.2, -0.15) is 5.10 Å². The minimum atomic E-state index is -0.769. The van der Waals surface area contributed by atoms with Gasteiger partial charge in [0.05, 0.1) is 21.2 Å². The van der Waals surface area contributed by atoms with E-state index in [2.05, 4.69) is 26.5 Å². The first-order valence-electron chi connectivity index (χ1n) is 8.71. The lowest BCUT2D eigenvalue weighted by molar-refractivity contribution is -0.384. The number of nitrogens with zero attached hydrogens (tertiary/aromatic N) is 2. The summed E-state index contributed by atoms with van der Waals surface area (Å²) in [7, 11) is 0. The van der Waals surface area contributed by atoms with Gasteiger partial charge in [-0.05, 0) is 51.3 Å². The number of amides is 1. The molecule has 0 fully saturated rings. The molecule has 0 spiro atoms. The smallest absolute Gasteiger partial charge is 0.275 e. The highest BCUT2D eigenvalue weighted by molar-refractivity contribution is 9.10. The molecule has 0 radical (unpaired) electrons. The van der Waals surface area contributed by atoms with E-state index in [1.54, 1.807) is 18.2 Å². The highest BCUT2D eigenvalue weighted by atomic mass is 79.9. The number of ether oxygens (including phenoxy) is 1. The predicted molar refractivity (Wildman–Crippen MR) is 115 cm³/mol. The second-order valence-corrected chi connectivity index (χ2v) is 6.98. The summed E-state index contributed by atoms with van der Waals surface area (Å²) in [6.07, 6.45) is 1.40. The largest absolute Gasteiger partial charge is 0.507 e. The van der Waals surface area contributed by atoms with Crippen molar-refractivity contribution in [3.05, 3.63) is 98.0 Å². The van der Waals surface area contributed by atoms with Gasteiger partial charge >= 0.3 is 0 Å². The van der Waals surface area contributed by atoms with E-state index in [1.165, 1.54) is 6.21 Å². The van der Waals surface area contributed by atoms with Crippen LogP contribution in [0.4, 0.5) is 5.69 Å². The maximum Gasteiger partial charge on any atom is 0.275 e. The molecule has 152 valence electrons. The normalized spacial score (nSPS) is 10.7. The fourth-order valence-electron chi connectivity index (χ4n) is 2.49. The Morgan fingerprint density at radius 1 is 1.17 bits per heavy atom. The molecular weight excluding hydrogens is 454 g/mol. The Kier molecular flexibility index (Phi) is 6.76. The van der Waals surface area contributed by atoms with E-state index in [9.17, 15) is 20.0 Å². The van der Waals surface area contributed by atoms with Gasteiger partial charge in [0.1, 0.15) is 18.1 Å². The van der Waals surface area contributed by atoms with Gasteiger partial charge in [0, 0.05) is 12.1 Å². The number of hydrogen-bond acceptors (Lipinski definition) is 6. The van der Waals surface area contributed by atoms with Crippen molar-refractivity contribution in [1.29, 1.82) is 0 Å². The zero-order valence-corrected chi connectivity index (χ0v) is 17.1.